The standard InChI is InChI=1S/C20H17ClN4O3/c1-2-28-20(27)13-3-7-16(8-4-13)25-19(26)17-11-18(23-12-22-17)24-15-9-5-14(21)6-10-15/h3-12H,2H2,1H3,(H,25,26)(H,22,23,24). The molecule has 0 saturated carbocycles. The quantitative estimate of drug-likeness (QED) is 0.603. The molecule has 0 bridgehead atoms. The number of benzene rings is 2. The van der Waals surface area contributed by atoms with E-state index < -0.39 is 11.9 Å². The lowest BCUT2D eigenvalue weighted by Crippen LogP contribution is -2.14. The summed E-state index contributed by atoms with van der Waals surface area (Å²) in [7, 11) is 0. The number of hydrogen-bond acceptors (Lipinski definition) is 6. The van der Waals surface area contributed by atoms with Crippen LogP contribution in [0.2, 0.25) is 5.02 Å². The third-order valence-electron chi connectivity index (χ3n) is 3.67. The molecule has 8 heteroatoms. The molecule has 1 heterocycles. The summed E-state index contributed by atoms with van der Waals surface area (Å²) in [6, 6.07) is 15.1. The van der Waals surface area contributed by atoms with Crippen LogP contribution in [-0.2, 0) is 4.74 Å². The van der Waals surface area contributed by atoms with Gasteiger partial charge in [-0.05, 0) is 55.5 Å². The first-order chi connectivity index (χ1) is 13.5. The van der Waals surface area contributed by atoms with Gasteiger partial charge in [-0.3, -0.25) is 4.79 Å². The molecule has 0 fully saturated rings. The van der Waals surface area contributed by atoms with Crippen LogP contribution in [0.5, 0.6) is 0 Å². The minimum absolute atomic E-state index is 0.195. The van der Waals surface area contributed by atoms with Crippen molar-refractivity contribution in [2.75, 3.05) is 17.2 Å². The number of amides is 1. The summed E-state index contributed by atoms with van der Waals surface area (Å²) in [6.07, 6.45) is 1.30. The van der Waals surface area contributed by atoms with E-state index in [1.54, 1.807) is 55.5 Å². The van der Waals surface area contributed by atoms with Gasteiger partial charge in [-0.25, -0.2) is 14.8 Å². The van der Waals surface area contributed by atoms with Crippen molar-refractivity contribution in [3.63, 3.8) is 0 Å². The van der Waals surface area contributed by atoms with Crippen LogP contribution >= 0.6 is 11.6 Å². The molecule has 0 spiro atoms. The van der Waals surface area contributed by atoms with E-state index in [9.17, 15) is 9.59 Å². The van der Waals surface area contributed by atoms with Gasteiger partial charge in [-0.1, -0.05) is 11.6 Å². The molecular formula is C20H17ClN4O3. The van der Waals surface area contributed by atoms with Gasteiger partial charge in [0.2, 0.25) is 0 Å². The van der Waals surface area contributed by atoms with E-state index in [1.807, 2.05) is 0 Å². The van der Waals surface area contributed by atoms with Crippen molar-refractivity contribution in [1.29, 1.82) is 0 Å². The van der Waals surface area contributed by atoms with Crippen molar-refractivity contribution in [2.24, 2.45) is 0 Å². The van der Waals surface area contributed by atoms with E-state index in [0.29, 0.717) is 28.7 Å². The number of esters is 1. The lowest BCUT2D eigenvalue weighted by Gasteiger charge is -2.08. The number of nitrogens with zero attached hydrogens (tertiary/aromatic N) is 2. The van der Waals surface area contributed by atoms with Crippen LogP contribution in [0, 0.1) is 0 Å². The predicted molar refractivity (Wildman–Crippen MR) is 107 cm³/mol. The second-order valence-electron chi connectivity index (χ2n) is 5.67. The number of hydrogen-bond donors (Lipinski definition) is 2. The maximum Gasteiger partial charge on any atom is 0.338 e. The third kappa shape index (κ3) is 5.05. The highest BCUT2D eigenvalue weighted by atomic mass is 35.5. The first-order valence-corrected chi connectivity index (χ1v) is 8.86. The lowest BCUT2D eigenvalue weighted by molar-refractivity contribution is 0.0526. The van der Waals surface area contributed by atoms with E-state index >= 15 is 0 Å². The molecule has 2 aromatic carbocycles. The number of nitrogens with one attached hydrogen (secondary N) is 2. The Morgan fingerprint density at radius 1 is 1.00 bits per heavy atom. The van der Waals surface area contributed by atoms with Crippen LogP contribution in [0.25, 0.3) is 0 Å². The Bertz CT molecular complexity index is 976. The van der Waals surface area contributed by atoms with Gasteiger partial charge in [-0.15, -0.1) is 0 Å². The number of anilines is 3. The monoisotopic (exact) mass is 396 g/mol. The Hall–Kier alpha value is -3.45. The molecule has 28 heavy (non-hydrogen) atoms. The molecule has 0 saturated heterocycles. The minimum atomic E-state index is -0.408. The number of ether oxygens (including phenoxy) is 1. The molecule has 3 aromatic rings. The van der Waals surface area contributed by atoms with Gasteiger partial charge in [0.1, 0.15) is 17.8 Å². The van der Waals surface area contributed by atoms with Gasteiger partial charge in [0.25, 0.3) is 5.91 Å². The van der Waals surface area contributed by atoms with E-state index in [-0.39, 0.29) is 5.69 Å². The zero-order valence-corrected chi connectivity index (χ0v) is 15.7. The molecular weight excluding hydrogens is 380 g/mol. The Kier molecular flexibility index (Phi) is 6.18. The van der Waals surface area contributed by atoms with Crippen LogP contribution < -0.4 is 10.6 Å². The van der Waals surface area contributed by atoms with Crippen molar-refractivity contribution in [3.8, 4) is 0 Å². The molecule has 0 aliphatic heterocycles. The average molecular weight is 397 g/mol. The fraction of sp³-hybridized carbons (Fsp3) is 0.100. The van der Waals surface area contributed by atoms with E-state index in [1.165, 1.54) is 12.4 Å². The Balaban J connectivity index is 1.67. The molecule has 7 nitrogen and oxygen atoms in total. The van der Waals surface area contributed by atoms with Crippen molar-refractivity contribution in [3.05, 3.63) is 77.2 Å². The highest BCUT2D eigenvalue weighted by molar-refractivity contribution is 6.30. The highest BCUT2D eigenvalue weighted by Crippen LogP contribution is 2.18. The number of carbonyl (C=O) groups is 2. The van der Waals surface area contributed by atoms with Crippen LogP contribution in [0.1, 0.15) is 27.8 Å². The van der Waals surface area contributed by atoms with E-state index in [4.69, 9.17) is 16.3 Å². The molecule has 3 rings (SSSR count). The van der Waals surface area contributed by atoms with Crippen molar-refractivity contribution >= 4 is 40.7 Å². The number of halogens is 1. The number of carbonyl (C=O) groups excluding carboxylic acids is 2. The number of rotatable bonds is 6. The van der Waals surface area contributed by atoms with Crippen LogP contribution in [0.15, 0.2) is 60.9 Å². The van der Waals surface area contributed by atoms with Crippen LogP contribution in [-0.4, -0.2) is 28.5 Å². The SMILES string of the molecule is CCOC(=O)c1ccc(NC(=O)c2cc(Nc3ccc(Cl)cc3)ncn2)cc1. The molecule has 0 atom stereocenters. The second kappa shape index (κ2) is 8.96. The summed E-state index contributed by atoms with van der Waals surface area (Å²) in [5.74, 6) is -0.334. The molecule has 142 valence electrons. The van der Waals surface area contributed by atoms with Gasteiger partial charge < -0.3 is 15.4 Å². The summed E-state index contributed by atoms with van der Waals surface area (Å²) in [4.78, 5) is 32.2. The van der Waals surface area contributed by atoms with Crippen LogP contribution in [0.3, 0.4) is 0 Å². The molecule has 0 radical (unpaired) electrons. The normalized spacial score (nSPS) is 10.2. The molecule has 1 aromatic heterocycles. The van der Waals surface area contributed by atoms with Crippen molar-refractivity contribution in [1.82, 2.24) is 9.97 Å². The molecule has 0 aliphatic rings. The largest absolute Gasteiger partial charge is 0.462 e. The smallest absolute Gasteiger partial charge is 0.338 e. The highest BCUT2D eigenvalue weighted by Gasteiger charge is 2.11. The van der Waals surface area contributed by atoms with Gasteiger partial charge in [0, 0.05) is 22.5 Å². The second-order valence-corrected chi connectivity index (χ2v) is 6.11. The Morgan fingerprint density at radius 3 is 2.36 bits per heavy atom. The predicted octanol–water partition coefficient (Wildman–Crippen LogP) is 4.30. The fourth-order valence-corrected chi connectivity index (χ4v) is 2.46. The fourth-order valence-electron chi connectivity index (χ4n) is 2.33. The maximum atomic E-state index is 12.4. The zero-order valence-electron chi connectivity index (χ0n) is 15.0. The van der Waals surface area contributed by atoms with Crippen LogP contribution in [0.4, 0.5) is 17.2 Å². The van der Waals surface area contributed by atoms with Gasteiger partial charge in [0.05, 0.1) is 12.2 Å². The molecule has 1 amide bonds. The zero-order chi connectivity index (χ0) is 19.9. The summed E-state index contributed by atoms with van der Waals surface area (Å²) < 4.78 is 4.93. The molecule has 0 unspecified atom stereocenters. The first kappa shape index (κ1) is 19.3. The van der Waals surface area contributed by atoms with Crippen molar-refractivity contribution in [2.45, 2.75) is 6.92 Å². The van der Waals surface area contributed by atoms with Gasteiger partial charge >= 0.3 is 5.97 Å². The van der Waals surface area contributed by atoms with Crippen molar-refractivity contribution < 1.29 is 14.3 Å². The summed E-state index contributed by atoms with van der Waals surface area (Å²) in [5, 5.41) is 6.44. The Labute approximate surface area is 166 Å². The first-order valence-electron chi connectivity index (χ1n) is 8.48. The van der Waals surface area contributed by atoms with Gasteiger partial charge in [0.15, 0.2) is 0 Å². The molecule has 0 aliphatic carbocycles. The summed E-state index contributed by atoms with van der Waals surface area (Å²) in [6.45, 7) is 2.04. The third-order valence-corrected chi connectivity index (χ3v) is 3.92. The summed E-state index contributed by atoms with van der Waals surface area (Å²) in [5.41, 5.74) is 1.92. The number of aromatic nitrogens is 2. The van der Waals surface area contributed by atoms with E-state index in [0.717, 1.165) is 5.69 Å². The lowest BCUT2D eigenvalue weighted by atomic mass is 10.2. The molecule has 2 N–H and O–H groups in total. The average Bonchev–Trinajstić information content (AvgIpc) is 2.71. The Morgan fingerprint density at radius 2 is 1.68 bits per heavy atom. The summed E-state index contributed by atoms with van der Waals surface area (Å²) >= 11 is 5.87. The van der Waals surface area contributed by atoms with E-state index in [2.05, 4.69) is 20.6 Å². The topological polar surface area (TPSA) is 93.2 Å². The minimum Gasteiger partial charge on any atom is -0.462 e. The maximum absolute atomic E-state index is 12.4. The van der Waals surface area contributed by atoms with Gasteiger partial charge in [-0.2, -0.15) is 0 Å².